The second-order valence-electron chi connectivity index (χ2n) is 2.72. The highest BCUT2D eigenvalue weighted by Gasteiger charge is 2.00. The van der Waals surface area contributed by atoms with Crippen LogP contribution in [0.2, 0.25) is 0 Å². The van der Waals surface area contributed by atoms with Gasteiger partial charge in [0.15, 0.2) is 6.61 Å². The van der Waals surface area contributed by atoms with Gasteiger partial charge in [0.25, 0.3) is 0 Å². The Morgan fingerprint density at radius 3 is 2.71 bits per heavy atom. The van der Waals surface area contributed by atoms with Crippen LogP contribution >= 0.6 is 22.6 Å². The maximum absolute atomic E-state index is 10.8. The second-order valence-corrected chi connectivity index (χ2v) is 3.26. The lowest BCUT2D eigenvalue weighted by molar-refractivity contribution is 0.0633. The summed E-state index contributed by atoms with van der Waals surface area (Å²) in [5.74, 6) is 2.60. The Balaban J connectivity index is 3.21. The Morgan fingerprint density at radius 2 is 2.07 bits per heavy atom. The molecule has 0 radical (unpaired) electrons. The third kappa shape index (κ3) is 9.65. The molecule has 14 heavy (non-hydrogen) atoms. The molecule has 0 aromatic heterocycles. The SMILES string of the molecule is CCCCCCOC(=O)OCC#CI. The quantitative estimate of drug-likeness (QED) is 0.327. The van der Waals surface area contributed by atoms with Crippen LogP contribution in [0.4, 0.5) is 4.79 Å². The van der Waals surface area contributed by atoms with E-state index in [2.05, 4.69) is 21.5 Å². The van der Waals surface area contributed by atoms with Crippen LogP contribution in [0.25, 0.3) is 0 Å². The normalized spacial score (nSPS) is 8.71. The highest BCUT2D eigenvalue weighted by molar-refractivity contribution is 14.1. The average molecular weight is 310 g/mol. The van der Waals surface area contributed by atoms with E-state index in [0.717, 1.165) is 12.8 Å². The summed E-state index contributed by atoms with van der Waals surface area (Å²) >= 11 is 1.88. The number of carbonyl (C=O) groups excluding carboxylic acids is 1. The molecule has 0 amide bonds. The molecule has 0 saturated heterocycles. The molecule has 0 fully saturated rings. The number of hydrogen-bond donors (Lipinski definition) is 0. The Hall–Kier alpha value is -0.440. The fraction of sp³-hybridized carbons (Fsp3) is 0.700. The first-order chi connectivity index (χ1) is 6.81. The van der Waals surface area contributed by atoms with Crippen molar-refractivity contribution in [2.75, 3.05) is 13.2 Å². The Bertz CT molecular complexity index is 205. The standard InChI is InChI=1S/C10H15IO3/c1-2-3-4-5-8-13-10(12)14-9-6-7-11/h2-5,8-9H2,1H3. The van der Waals surface area contributed by atoms with Crippen LogP contribution in [-0.2, 0) is 9.47 Å². The van der Waals surface area contributed by atoms with Gasteiger partial charge in [-0.15, -0.1) is 0 Å². The molecule has 0 aromatic rings. The van der Waals surface area contributed by atoms with E-state index in [4.69, 9.17) is 4.74 Å². The average Bonchev–Trinajstić information content (AvgIpc) is 2.18. The first-order valence-corrected chi connectivity index (χ1v) is 5.77. The molecule has 0 rings (SSSR count). The van der Waals surface area contributed by atoms with Gasteiger partial charge in [0.05, 0.1) is 6.61 Å². The first-order valence-electron chi connectivity index (χ1n) is 4.69. The molecular weight excluding hydrogens is 295 g/mol. The van der Waals surface area contributed by atoms with E-state index < -0.39 is 6.16 Å². The van der Waals surface area contributed by atoms with E-state index in [1.54, 1.807) is 0 Å². The summed E-state index contributed by atoms with van der Waals surface area (Å²) in [7, 11) is 0. The van der Waals surface area contributed by atoms with Gasteiger partial charge in [0, 0.05) is 22.6 Å². The summed E-state index contributed by atoms with van der Waals surface area (Å²) in [6.45, 7) is 2.69. The molecule has 0 aromatic carbocycles. The van der Waals surface area contributed by atoms with Gasteiger partial charge >= 0.3 is 6.16 Å². The van der Waals surface area contributed by atoms with E-state index in [1.807, 2.05) is 22.6 Å². The second kappa shape index (κ2) is 10.6. The molecule has 0 aliphatic rings. The molecule has 4 heteroatoms. The summed E-state index contributed by atoms with van der Waals surface area (Å²) in [5, 5.41) is 0. The summed E-state index contributed by atoms with van der Waals surface area (Å²) in [6, 6.07) is 0. The summed E-state index contributed by atoms with van der Waals surface area (Å²) in [5.41, 5.74) is 0. The van der Waals surface area contributed by atoms with Crippen molar-refractivity contribution in [2.24, 2.45) is 0 Å². The smallest absolute Gasteiger partial charge is 0.434 e. The maximum atomic E-state index is 10.8. The summed E-state index contributed by atoms with van der Waals surface area (Å²) < 4.78 is 12.0. The van der Waals surface area contributed by atoms with Crippen molar-refractivity contribution in [3.63, 3.8) is 0 Å². The van der Waals surface area contributed by atoms with Crippen molar-refractivity contribution in [1.29, 1.82) is 0 Å². The van der Waals surface area contributed by atoms with Crippen molar-refractivity contribution in [1.82, 2.24) is 0 Å². The van der Waals surface area contributed by atoms with E-state index in [9.17, 15) is 4.79 Å². The van der Waals surface area contributed by atoms with Gasteiger partial charge in [-0.05, 0) is 10.3 Å². The van der Waals surface area contributed by atoms with E-state index >= 15 is 0 Å². The lowest BCUT2D eigenvalue weighted by atomic mass is 10.2. The number of halogens is 1. The van der Waals surface area contributed by atoms with Crippen molar-refractivity contribution in [3.8, 4) is 9.85 Å². The zero-order chi connectivity index (χ0) is 10.6. The van der Waals surface area contributed by atoms with E-state index in [1.165, 1.54) is 12.8 Å². The number of unbranched alkanes of at least 4 members (excludes halogenated alkanes) is 3. The number of rotatable bonds is 6. The summed E-state index contributed by atoms with van der Waals surface area (Å²) in [6.07, 6.45) is 3.73. The third-order valence-electron chi connectivity index (χ3n) is 1.55. The van der Waals surface area contributed by atoms with Crippen molar-refractivity contribution < 1.29 is 14.3 Å². The predicted molar refractivity (Wildman–Crippen MR) is 63.2 cm³/mol. The minimum Gasteiger partial charge on any atom is -0.434 e. The molecule has 0 atom stereocenters. The molecule has 0 saturated carbocycles. The van der Waals surface area contributed by atoms with Crippen LogP contribution in [0.5, 0.6) is 0 Å². The first kappa shape index (κ1) is 13.6. The molecule has 0 unspecified atom stereocenters. The van der Waals surface area contributed by atoms with Crippen LogP contribution < -0.4 is 0 Å². The predicted octanol–water partition coefficient (Wildman–Crippen LogP) is 3.12. The number of carbonyl (C=O) groups is 1. The van der Waals surface area contributed by atoms with Crippen LogP contribution in [0.3, 0.4) is 0 Å². The highest BCUT2D eigenvalue weighted by atomic mass is 127. The van der Waals surface area contributed by atoms with Gasteiger partial charge in [-0.2, -0.15) is 0 Å². The third-order valence-corrected chi connectivity index (χ3v) is 1.93. The van der Waals surface area contributed by atoms with E-state index in [0.29, 0.717) is 6.61 Å². The van der Waals surface area contributed by atoms with E-state index in [-0.39, 0.29) is 6.61 Å². The van der Waals surface area contributed by atoms with Crippen molar-refractivity contribution >= 4 is 28.7 Å². The molecular formula is C10H15IO3. The number of ether oxygens (including phenoxy) is 2. The molecule has 0 spiro atoms. The molecule has 0 heterocycles. The van der Waals surface area contributed by atoms with Gasteiger partial charge < -0.3 is 9.47 Å². The zero-order valence-corrected chi connectivity index (χ0v) is 10.5. The van der Waals surface area contributed by atoms with Gasteiger partial charge in [0.1, 0.15) is 0 Å². The Morgan fingerprint density at radius 1 is 1.29 bits per heavy atom. The van der Waals surface area contributed by atoms with Crippen molar-refractivity contribution in [2.45, 2.75) is 32.6 Å². The molecule has 0 N–H and O–H groups in total. The molecule has 3 nitrogen and oxygen atoms in total. The monoisotopic (exact) mass is 310 g/mol. The fourth-order valence-electron chi connectivity index (χ4n) is 0.848. The maximum Gasteiger partial charge on any atom is 0.509 e. The topological polar surface area (TPSA) is 35.5 Å². The van der Waals surface area contributed by atoms with Crippen LogP contribution in [-0.4, -0.2) is 19.4 Å². The Kier molecular flexibility index (Phi) is 10.3. The largest absolute Gasteiger partial charge is 0.509 e. The number of hydrogen-bond acceptors (Lipinski definition) is 3. The van der Waals surface area contributed by atoms with Gasteiger partial charge in [-0.3, -0.25) is 0 Å². The van der Waals surface area contributed by atoms with Gasteiger partial charge in [-0.1, -0.05) is 32.1 Å². The minimum absolute atomic E-state index is 0.108. The molecule has 0 aliphatic heterocycles. The van der Waals surface area contributed by atoms with Gasteiger partial charge in [-0.25, -0.2) is 4.79 Å². The minimum atomic E-state index is -0.624. The van der Waals surface area contributed by atoms with Crippen LogP contribution in [0.1, 0.15) is 32.6 Å². The Labute approximate surface area is 98.7 Å². The molecule has 0 bridgehead atoms. The molecule has 0 aliphatic carbocycles. The molecule has 80 valence electrons. The highest BCUT2D eigenvalue weighted by Crippen LogP contribution is 1.99. The van der Waals surface area contributed by atoms with Crippen LogP contribution in [0.15, 0.2) is 0 Å². The lowest BCUT2D eigenvalue weighted by Crippen LogP contribution is -2.08. The van der Waals surface area contributed by atoms with Crippen molar-refractivity contribution in [3.05, 3.63) is 0 Å². The zero-order valence-electron chi connectivity index (χ0n) is 8.35. The van der Waals surface area contributed by atoms with Crippen LogP contribution in [0, 0.1) is 9.85 Å². The van der Waals surface area contributed by atoms with Gasteiger partial charge in [0.2, 0.25) is 0 Å². The fourth-order valence-corrected chi connectivity index (χ4v) is 1.00. The summed E-state index contributed by atoms with van der Waals surface area (Å²) in [4.78, 5) is 10.8. The lowest BCUT2D eigenvalue weighted by Gasteiger charge is -2.02.